The molecule has 0 amide bonds. The van der Waals surface area contributed by atoms with Crippen LogP contribution >= 0.6 is 12.6 Å². The zero-order valence-electron chi connectivity index (χ0n) is 9.22. The Morgan fingerprint density at radius 1 is 0.750 bits per heavy atom. The van der Waals surface area contributed by atoms with Crippen molar-refractivity contribution < 1.29 is 0 Å². The summed E-state index contributed by atoms with van der Waals surface area (Å²) < 4.78 is 0. The van der Waals surface area contributed by atoms with Crippen molar-refractivity contribution in [1.29, 1.82) is 0 Å². The highest BCUT2D eigenvalue weighted by atomic mass is 32.1. The van der Waals surface area contributed by atoms with Crippen LogP contribution in [0.3, 0.4) is 0 Å². The first kappa shape index (κ1) is 11.0. The Labute approximate surface area is 102 Å². The van der Waals surface area contributed by atoms with Gasteiger partial charge in [0.05, 0.1) is 0 Å². The molecule has 80 valence electrons. The molecule has 0 heterocycles. The van der Waals surface area contributed by atoms with Crippen molar-refractivity contribution in [2.24, 2.45) is 0 Å². The third-order valence-electron chi connectivity index (χ3n) is 2.44. The molecule has 0 aliphatic heterocycles. The fraction of sp³-hybridized carbons (Fsp3) is 0.0667. The van der Waals surface area contributed by atoms with Crippen LogP contribution in [0.25, 0.3) is 12.2 Å². The summed E-state index contributed by atoms with van der Waals surface area (Å²) in [7, 11) is 0. The molecule has 0 saturated heterocycles. The Morgan fingerprint density at radius 3 is 1.69 bits per heavy atom. The lowest BCUT2D eigenvalue weighted by Crippen LogP contribution is -1.74. The van der Waals surface area contributed by atoms with Gasteiger partial charge in [0, 0.05) is 4.90 Å². The van der Waals surface area contributed by atoms with Crippen molar-refractivity contribution in [2.75, 3.05) is 0 Å². The quantitative estimate of drug-likeness (QED) is 0.567. The van der Waals surface area contributed by atoms with E-state index >= 15 is 0 Å². The summed E-state index contributed by atoms with van der Waals surface area (Å²) in [4.78, 5) is 0.993. The molecule has 0 aliphatic rings. The minimum atomic E-state index is 0.993. The standard InChI is InChI=1S/C15H14S/c1-12-2-4-13(5-3-12)6-7-14-8-10-15(16)11-9-14/h2-11,16H,1H3/b7-6+. The van der Waals surface area contributed by atoms with Gasteiger partial charge in [-0.25, -0.2) is 0 Å². The highest BCUT2D eigenvalue weighted by Gasteiger charge is 1.88. The summed E-state index contributed by atoms with van der Waals surface area (Å²) in [6, 6.07) is 16.6. The molecule has 2 aromatic rings. The maximum atomic E-state index is 4.26. The van der Waals surface area contributed by atoms with Gasteiger partial charge < -0.3 is 0 Å². The summed E-state index contributed by atoms with van der Waals surface area (Å²) in [5.74, 6) is 0. The van der Waals surface area contributed by atoms with E-state index in [2.05, 4.69) is 68.1 Å². The van der Waals surface area contributed by atoms with Gasteiger partial charge in [0.2, 0.25) is 0 Å². The van der Waals surface area contributed by atoms with Gasteiger partial charge in [-0.3, -0.25) is 0 Å². The predicted molar refractivity (Wildman–Crippen MR) is 73.8 cm³/mol. The monoisotopic (exact) mass is 226 g/mol. The third-order valence-corrected chi connectivity index (χ3v) is 2.74. The molecule has 0 nitrogen and oxygen atoms in total. The molecule has 2 aromatic carbocycles. The van der Waals surface area contributed by atoms with Gasteiger partial charge in [0.25, 0.3) is 0 Å². The topological polar surface area (TPSA) is 0 Å². The van der Waals surface area contributed by atoms with E-state index in [0.717, 1.165) is 4.90 Å². The summed E-state index contributed by atoms with van der Waals surface area (Å²) in [6.07, 6.45) is 4.23. The number of aryl methyl sites for hydroxylation is 1. The number of benzene rings is 2. The summed E-state index contributed by atoms with van der Waals surface area (Å²) in [5.41, 5.74) is 3.70. The first-order chi connectivity index (χ1) is 7.74. The molecule has 0 spiro atoms. The van der Waals surface area contributed by atoms with Crippen LogP contribution in [0, 0.1) is 6.92 Å². The second-order valence-electron chi connectivity index (χ2n) is 3.84. The van der Waals surface area contributed by atoms with Crippen molar-refractivity contribution in [2.45, 2.75) is 11.8 Å². The van der Waals surface area contributed by atoms with Gasteiger partial charge >= 0.3 is 0 Å². The number of hydrogen-bond acceptors (Lipinski definition) is 1. The van der Waals surface area contributed by atoms with E-state index in [9.17, 15) is 0 Å². The number of thiol groups is 1. The highest BCUT2D eigenvalue weighted by Crippen LogP contribution is 2.12. The first-order valence-corrected chi connectivity index (χ1v) is 5.72. The lowest BCUT2D eigenvalue weighted by Gasteiger charge is -1.96. The van der Waals surface area contributed by atoms with Crippen molar-refractivity contribution in [1.82, 2.24) is 0 Å². The molecule has 0 bridgehead atoms. The molecule has 0 atom stereocenters. The van der Waals surface area contributed by atoms with Crippen LogP contribution in [-0.4, -0.2) is 0 Å². The van der Waals surface area contributed by atoms with Crippen molar-refractivity contribution in [3.05, 3.63) is 65.2 Å². The predicted octanol–water partition coefficient (Wildman–Crippen LogP) is 4.45. The molecule has 0 unspecified atom stereocenters. The smallest absolute Gasteiger partial charge is 0.00403 e. The maximum absolute atomic E-state index is 4.26. The first-order valence-electron chi connectivity index (χ1n) is 5.28. The van der Waals surface area contributed by atoms with E-state index < -0.39 is 0 Å². The van der Waals surface area contributed by atoms with Gasteiger partial charge in [0.1, 0.15) is 0 Å². The summed E-state index contributed by atoms with van der Waals surface area (Å²) in [6.45, 7) is 2.10. The van der Waals surface area contributed by atoms with E-state index in [1.54, 1.807) is 0 Å². The van der Waals surface area contributed by atoms with Gasteiger partial charge in [-0.1, -0.05) is 54.1 Å². The molecule has 0 aliphatic carbocycles. The van der Waals surface area contributed by atoms with Crippen LogP contribution in [0.2, 0.25) is 0 Å². The summed E-state index contributed by atoms with van der Waals surface area (Å²) >= 11 is 4.26. The Balaban J connectivity index is 2.15. The molecule has 2 rings (SSSR count). The van der Waals surface area contributed by atoms with Crippen LogP contribution in [0.5, 0.6) is 0 Å². The maximum Gasteiger partial charge on any atom is 0.00403 e. The number of rotatable bonds is 2. The van der Waals surface area contributed by atoms with Crippen molar-refractivity contribution in [3.63, 3.8) is 0 Å². The fourth-order valence-corrected chi connectivity index (χ4v) is 1.60. The second kappa shape index (κ2) is 5.04. The van der Waals surface area contributed by atoms with E-state index in [4.69, 9.17) is 0 Å². The van der Waals surface area contributed by atoms with Crippen LogP contribution in [0.4, 0.5) is 0 Å². The molecule has 0 N–H and O–H groups in total. The fourth-order valence-electron chi connectivity index (χ4n) is 1.46. The lowest BCUT2D eigenvalue weighted by molar-refractivity contribution is 1.46. The minimum Gasteiger partial charge on any atom is -0.143 e. The second-order valence-corrected chi connectivity index (χ2v) is 4.35. The molecule has 0 saturated carbocycles. The van der Waals surface area contributed by atoms with E-state index in [-0.39, 0.29) is 0 Å². The van der Waals surface area contributed by atoms with Crippen molar-refractivity contribution in [3.8, 4) is 0 Å². The zero-order valence-corrected chi connectivity index (χ0v) is 10.1. The summed E-state index contributed by atoms with van der Waals surface area (Å²) in [5, 5.41) is 0. The highest BCUT2D eigenvalue weighted by molar-refractivity contribution is 7.80. The molecule has 0 fully saturated rings. The Hall–Kier alpha value is -1.47. The van der Waals surface area contributed by atoms with E-state index in [1.807, 2.05) is 12.1 Å². The Morgan fingerprint density at radius 2 is 1.19 bits per heavy atom. The van der Waals surface area contributed by atoms with E-state index in [1.165, 1.54) is 16.7 Å². The van der Waals surface area contributed by atoms with Crippen LogP contribution in [-0.2, 0) is 0 Å². The average molecular weight is 226 g/mol. The Bertz CT molecular complexity index is 430. The molecule has 16 heavy (non-hydrogen) atoms. The van der Waals surface area contributed by atoms with Gasteiger partial charge in [-0.15, -0.1) is 12.6 Å². The normalized spacial score (nSPS) is 10.9. The van der Waals surface area contributed by atoms with Gasteiger partial charge in [-0.05, 0) is 30.2 Å². The van der Waals surface area contributed by atoms with E-state index in [0.29, 0.717) is 0 Å². The molecule has 0 aromatic heterocycles. The van der Waals surface area contributed by atoms with Crippen LogP contribution < -0.4 is 0 Å². The van der Waals surface area contributed by atoms with Crippen LogP contribution in [0.1, 0.15) is 16.7 Å². The molecular formula is C15H14S. The van der Waals surface area contributed by atoms with Gasteiger partial charge in [-0.2, -0.15) is 0 Å². The third kappa shape index (κ3) is 3.01. The van der Waals surface area contributed by atoms with Crippen molar-refractivity contribution >= 4 is 24.8 Å². The van der Waals surface area contributed by atoms with Gasteiger partial charge in [0.15, 0.2) is 0 Å². The molecule has 0 radical (unpaired) electrons. The Kier molecular flexibility index (Phi) is 3.47. The average Bonchev–Trinajstić information content (AvgIpc) is 2.30. The zero-order chi connectivity index (χ0) is 11.4. The largest absolute Gasteiger partial charge is 0.143 e. The van der Waals surface area contributed by atoms with Crippen LogP contribution in [0.15, 0.2) is 53.4 Å². The molecule has 1 heteroatoms. The minimum absolute atomic E-state index is 0.993. The number of hydrogen-bond donors (Lipinski definition) is 1. The molecular weight excluding hydrogens is 212 g/mol. The lowest BCUT2D eigenvalue weighted by atomic mass is 10.1. The SMILES string of the molecule is Cc1ccc(/C=C/c2ccc(S)cc2)cc1.